The van der Waals surface area contributed by atoms with Crippen molar-refractivity contribution in [2.75, 3.05) is 36.8 Å². The summed E-state index contributed by atoms with van der Waals surface area (Å²) in [6.45, 7) is 1.84. The van der Waals surface area contributed by atoms with Crippen LogP contribution in [-0.4, -0.2) is 38.8 Å². The van der Waals surface area contributed by atoms with Gasteiger partial charge in [-0.1, -0.05) is 60.7 Å². The SMILES string of the molecule is COc1ccc([C@H](C(=O)NCc2ccccc2)N(C(=O)CCN2CCc3ccccc32)c2ccc3c(c2)OCO3)cc1. The standard InChI is InChI=1S/C34H33N3O5/c1-40-28-14-11-26(12-15-28)33(34(39)35-22-24-7-3-2-4-8-24)37(27-13-16-30-31(21-27)42-23-41-30)32(38)18-20-36-19-17-25-9-5-6-10-29(25)36/h2-16,21,33H,17-20,22-23H2,1H3,(H,35,39)/t33-/m1/s1. The fourth-order valence-corrected chi connectivity index (χ4v) is 5.55. The molecule has 214 valence electrons. The number of nitrogens with zero attached hydrogens (tertiary/aromatic N) is 2. The minimum atomic E-state index is -0.932. The fraction of sp³-hybridized carbons (Fsp3) is 0.235. The number of hydrogen-bond acceptors (Lipinski definition) is 6. The smallest absolute Gasteiger partial charge is 0.248 e. The van der Waals surface area contributed by atoms with Crippen molar-refractivity contribution >= 4 is 23.2 Å². The minimum absolute atomic E-state index is 0.112. The molecule has 0 aliphatic carbocycles. The monoisotopic (exact) mass is 563 g/mol. The third-order valence-electron chi connectivity index (χ3n) is 7.73. The number of methoxy groups -OCH3 is 1. The summed E-state index contributed by atoms with van der Waals surface area (Å²) in [5, 5.41) is 3.06. The second-order valence-electron chi connectivity index (χ2n) is 10.3. The number of hydrogen-bond donors (Lipinski definition) is 1. The lowest BCUT2D eigenvalue weighted by atomic mass is 10.0. The molecule has 2 heterocycles. The summed E-state index contributed by atoms with van der Waals surface area (Å²) in [6, 6.07) is 29.7. The first-order valence-electron chi connectivity index (χ1n) is 14.1. The fourth-order valence-electron chi connectivity index (χ4n) is 5.55. The molecule has 0 bridgehead atoms. The van der Waals surface area contributed by atoms with Crippen molar-refractivity contribution in [3.63, 3.8) is 0 Å². The van der Waals surface area contributed by atoms with Crippen LogP contribution in [0.3, 0.4) is 0 Å². The zero-order chi connectivity index (χ0) is 28.9. The van der Waals surface area contributed by atoms with Gasteiger partial charge in [0.2, 0.25) is 18.6 Å². The Bertz CT molecular complexity index is 1560. The van der Waals surface area contributed by atoms with Crippen molar-refractivity contribution in [3.05, 3.63) is 114 Å². The van der Waals surface area contributed by atoms with E-state index in [2.05, 4.69) is 22.3 Å². The second-order valence-corrected chi connectivity index (χ2v) is 10.3. The van der Waals surface area contributed by atoms with E-state index in [4.69, 9.17) is 14.2 Å². The normalized spacial score (nSPS) is 13.8. The van der Waals surface area contributed by atoms with Gasteiger partial charge in [0.25, 0.3) is 0 Å². The molecule has 1 N–H and O–H groups in total. The van der Waals surface area contributed by atoms with Crippen LogP contribution < -0.4 is 29.3 Å². The van der Waals surface area contributed by atoms with E-state index >= 15 is 0 Å². The van der Waals surface area contributed by atoms with Crippen molar-refractivity contribution in [2.45, 2.75) is 25.4 Å². The average molecular weight is 564 g/mol. The average Bonchev–Trinajstić information content (AvgIpc) is 3.68. The number of para-hydroxylation sites is 1. The molecule has 0 unspecified atom stereocenters. The summed E-state index contributed by atoms with van der Waals surface area (Å²) in [5.41, 5.74) is 4.63. The molecule has 0 saturated carbocycles. The molecule has 42 heavy (non-hydrogen) atoms. The van der Waals surface area contributed by atoms with E-state index < -0.39 is 6.04 Å². The number of carbonyl (C=O) groups excluding carboxylic acids is 2. The molecule has 0 radical (unpaired) electrons. The number of rotatable bonds is 10. The molecule has 1 atom stereocenters. The molecule has 4 aromatic carbocycles. The van der Waals surface area contributed by atoms with Gasteiger partial charge in [-0.05, 0) is 53.4 Å². The molecule has 6 rings (SSSR count). The van der Waals surface area contributed by atoms with E-state index in [0.29, 0.717) is 41.6 Å². The van der Waals surface area contributed by atoms with Gasteiger partial charge in [0.05, 0.1) is 7.11 Å². The van der Waals surface area contributed by atoms with Gasteiger partial charge in [-0.2, -0.15) is 0 Å². The third-order valence-corrected chi connectivity index (χ3v) is 7.73. The van der Waals surface area contributed by atoms with Gasteiger partial charge < -0.3 is 24.4 Å². The summed E-state index contributed by atoms with van der Waals surface area (Å²) in [6.07, 6.45) is 1.17. The molecule has 2 aliphatic rings. The van der Waals surface area contributed by atoms with Gasteiger partial charge in [0.15, 0.2) is 11.5 Å². The Labute approximate surface area is 245 Å². The van der Waals surface area contributed by atoms with E-state index in [-0.39, 0.29) is 25.0 Å². The Morgan fingerprint density at radius 1 is 0.929 bits per heavy atom. The number of nitrogens with one attached hydrogen (secondary N) is 1. The maximum Gasteiger partial charge on any atom is 0.248 e. The number of amides is 2. The highest BCUT2D eigenvalue weighted by Crippen LogP contribution is 2.39. The van der Waals surface area contributed by atoms with E-state index in [9.17, 15) is 9.59 Å². The largest absolute Gasteiger partial charge is 0.497 e. The first-order chi connectivity index (χ1) is 20.6. The van der Waals surface area contributed by atoms with E-state index in [0.717, 1.165) is 24.2 Å². The van der Waals surface area contributed by atoms with Gasteiger partial charge in [-0.15, -0.1) is 0 Å². The molecule has 2 amide bonds. The van der Waals surface area contributed by atoms with Crippen LogP contribution in [-0.2, 0) is 22.6 Å². The molecule has 8 nitrogen and oxygen atoms in total. The summed E-state index contributed by atoms with van der Waals surface area (Å²) in [7, 11) is 1.60. The van der Waals surface area contributed by atoms with E-state index in [1.807, 2.05) is 54.6 Å². The summed E-state index contributed by atoms with van der Waals surface area (Å²) < 4.78 is 16.5. The topological polar surface area (TPSA) is 80.3 Å². The highest BCUT2D eigenvalue weighted by atomic mass is 16.7. The number of ether oxygens (including phenoxy) is 3. The van der Waals surface area contributed by atoms with Crippen LogP contribution in [0.25, 0.3) is 0 Å². The lowest BCUT2D eigenvalue weighted by Crippen LogP contribution is -2.44. The van der Waals surface area contributed by atoms with E-state index in [1.54, 1.807) is 42.3 Å². The maximum absolute atomic E-state index is 14.3. The zero-order valence-electron chi connectivity index (χ0n) is 23.5. The maximum atomic E-state index is 14.3. The molecule has 2 aliphatic heterocycles. The lowest BCUT2D eigenvalue weighted by Gasteiger charge is -2.32. The van der Waals surface area contributed by atoms with Crippen molar-refractivity contribution in [2.24, 2.45) is 0 Å². The van der Waals surface area contributed by atoms with Crippen LogP contribution in [0.1, 0.15) is 29.2 Å². The predicted octanol–water partition coefficient (Wildman–Crippen LogP) is 5.27. The summed E-state index contributed by atoms with van der Waals surface area (Å²) in [4.78, 5) is 32.1. The number of fused-ring (bicyclic) bond motifs is 2. The van der Waals surface area contributed by atoms with Gasteiger partial charge in [0.1, 0.15) is 11.8 Å². The molecule has 8 heteroatoms. The van der Waals surface area contributed by atoms with Crippen LogP contribution in [0.4, 0.5) is 11.4 Å². The second kappa shape index (κ2) is 12.3. The lowest BCUT2D eigenvalue weighted by molar-refractivity contribution is -0.126. The van der Waals surface area contributed by atoms with Crippen molar-refractivity contribution in [1.82, 2.24) is 5.32 Å². The Kier molecular flexibility index (Phi) is 7.94. The van der Waals surface area contributed by atoms with Crippen LogP contribution in [0.5, 0.6) is 17.2 Å². The molecule has 0 saturated heterocycles. The Balaban J connectivity index is 1.34. The molecule has 0 aromatic heterocycles. The zero-order valence-corrected chi connectivity index (χ0v) is 23.5. The number of benzene rings is 4. The van der Waals surface area contributed by atoms with E-state index in [1.165, 1.54) is 5.56 Å². The third kappa shape index (κ3) is 5.74. The molecule has 4 aromatic rings. The van der Waals surface area contributed by atoms with Gasteiger partial charge in [-0.25, -0.2) is 0 Å². The Hall–Kier alpha value is -4.98. The minimum Gasteiger partial charge on any atom is -0.497 e. The highest BCUT2D eigenvalue weighted by Gasteiger charge is 2.34. The quantitative estimate of drug-likeness (QED) is 0.283. The number of carbonyl (C=O) groups is 2. The van der Waals surface area contributed by atoms with Crippen molar-refractivity contribution in [3.8, 4) is 17.2 Å². The Morgan fingerprint density at radius 2 is 1.69 bits per heavy atom. The van der Waals surface area contributed by atoms with Gasteiger partial charge in [0, 0.05) is 43.5 Å². The van der Waals surface area contributed by atoms with Crippen LogP contribution in [0.2, 0.25) is 0 Å². The molecular formula is C34H33N3O5. The molecular weight excluding hydrogens is 530 g/mol. The van der Waals surface area contributed by atoms with Crippen LogP contribution in [0.15, 0.2) is 97.1 Å². The first-order valence-corrected chi connectivity index (χ1v) is 14.1. The molecule has 0 spiro atoms. The summed E-state index contributed by atoms with van der Waals surface area (Å²) in [5.74, 6) is 1.35. The van der Waals surface area contributed by atoms with Crippen LogP contribution >= 0.6 is 0 Å². The molecule has 0 fully saturated rings. The first kappa shape index (κ1) is 27.2. The van der Waals surface area contributed by atoms with Gasteiger partial charge in [-0.3, -0.25) is 14.5 Å². The van der Waals surface area contributed by atoms with Gasteiger partial charge >= 0.3 is 0 Å². The van der Waals surface area contributed by atoms with Crippen molar-refractivity contribution in [1.29, 1.82) is 0 Å². The predicted molar refractivity (Wildman–Crippen MR) is 161 cm³/mol. The Morgan fingerprint density at radius 3 is 2.50 bits per heavy atom. The number of anilines is 2. The van der Waals surface area contributed by atoms with Crippen molar-refractivity contribution < 1.29 is 23.8 Å². The summed E-state index contributed by atoms with van der Waals surface area (Å²) >= 11 is 0. The van der Waals surface area contributed by atoms with Crippen LogP contribution in [0, 0.1) is 0 Å². The highest BCUT2D eigenvalue weighted by molar-refractivity contribution is 6.01.